The van der Waals surface area contributed by atoms with Crippen LogP contribution in [0, 0.1) is 5.82 Å². The molecular weight excluding hydrogens is 267 g/mol. The normalized spacial score (nSPS) is 14.7. The van der Waals surface area contributed by atoms with Crippen LogP contribution in [0.1, 0.15) is 31.7 Å². The molecule has 0 aromatic carbocycles. The second kappa shape index (κ2) is 7.71. The number of anilines is 1. The van der Waals surface area contributed by atoms with Crippen molar-refractivity contribution in [3.8, 4) is 0 Å². The van der Waals surface area contributed by atoms with Crippen LogP contribution < -0.4 is 10.2 Å². The van der Waals surface area contributed by atoms with Crippen molar-refractivity contribution >= 4 is 5.82 Å². The lowest BCUT2D eigenvalue weighted by atomic mass is 10.2. The Kier molecular flexibility index (Phi) is 5.94. The van der Waals surface area contributed by atoms with Crippen LogP contribution in [0.25, 0.3) is 0 Å². The summed E-state index contributed by atoms with van der Waals surface area (Å²) < 4.78 is 13.5. The molecule has 0 unspecified atom stereocenters. The van der Waals surface area contributed by atoms with E-state index in [0.29, 0.717) is 12.6 Å². The summed E-state index contributed by atoms with van der Waals surface area (Å²) in [5.41, 5.74) is 0.966. The number of aromatic nitrogens is 1. The molecule has 1 aromatic rings. The molecular formula is C16H27FN4. The molecule has 1 aromatic heterocycles. The molecule has 4 nitrogen and oxygen atoms in total. The lowest BCUT2D eigenvalue weighted by Crippen LogP contribution is -2.29. The van der Waals surface area contributed by atoms with E-state index in [1.807, 2.05) is 0 Å². The van der Waals surface area contributed by atoms with Crippen LogP contribution in [-0.2, 0) is 6.54 Å². The van der Waals surface area contributed by atoms with Crippen LogP contribution >= 0.6 is 0 Å². The molecule has 5 heteroatoms. The number of nitrogens with one attached hydrogen (secondary N) is 1. The molecule has 0 spiro atoms. The van der Waals surface area contributed by atoms with E-state index in [1.54, 1.807) is 6.07 Å². The number of halogens is 1. The fourth-order valence-corrected chi connectivity index (χ4v) is 2.42. The van der Waals surface area contributed by atoms with Crippen molar-refractivity contribution in [1.82, 2.24) is 15.2 Å². The summed E-state index contributed by atoms with van der Waals surface area (Å²) in [5.74, 6) is 0.668. The molecule has 21 heavy (non-hydrogen) atoms. The van der Waals surface area contributed by atoms with Crippen LogP contribution in [0.4, 0.5) is 10.2 Å². The largest absolute Gasteiger partial charge is 0.357 e. The third-order valence-electron chi connectivity index (χ3n) is 3.78. The summed E-state index contributed by atoms with van der Waals surface area (Å²) in [7, 11) is 4.16. The topological polar surface area (TPSA) is 31.4 Å². The SMILES string of the molecule is CCN(CCCN(C)C)c1ncc(F)cc1CNC1CC1. The molecule has 118 valence electrons. The van der Waals surface area contributed by atoms with Crippen molar-refractivity contribution in [2.24, 2.45) is 0 Å². The van der Waals surface area contributed by atoms with Crippen LogP contribution in [0.3, 0.4) is 0 Å². The van der Waals surface area contributed by atoms with E-state index in [1.165, 1.54) is 19.0 Å². The maximum Gasteiger partial charge on any atom is 0.141 e. The van der Waals surface area contributed by atoms with Gasteiger partial charge in [-0.15, -0.1) is 0 Å². The zero-order chi connectivity index (χ0) is 15.2. The number of hydrogen-bond donors (Lipinski definition) is 1. The molecule has 0 saturated heterocycles. The van der Waals surface area contributed by atoms with E-state index < -0.39 is 0 Å². The van der Waals surface area contributed by atoms with Gasteiger partial charge in [-0.1, -0.05) is 0 Å². The molecule has 0 aliphatic heterocycles. The van der Waals surface area contributed by atoms with Crippen LogP contribution in [0.15, 0.2) is 12.3 Å². The molecule has 1 aliphatic rings. The van der Waals surface area contributed by atoms with E-state index in [0.717, 1.165) is 37.4 Å². The van der Waals surface area contributed by atoms with Gasteiger partial charge in [0.1, 0.15) is 11.6 Å². The minimum Gasteiger partial charge on any atom is -0.357 e. The second-order valence-electron chi connectivity index (χ2n) is 6.03. The fraction of sp³-hybridized carbons (Fsp3) is 0.688. The van der Waals surface area contributed by atoms with Gasteiger partial charge in [0.25, 0.3) is 0 Å². The maximum atomic E-state index is 13.5. The minimum atomic E-state index is -0.254. The first-order valence-corrected chi connectivity index (χ1v) is 7.87. The molecule has 0 atom stereocenters. The van der Waals surface area contributed by atoms with Crippen molar-refractivity contribution in [2.75, 3.05) is 38.6 Å². The molecule has 1 N–H and O–H groups in total. The van der Waals surface area contributed by atoms with Gasteiger partial charge in [0.2, 0.25) is 0 Å². The molecule has 1 aliphatic carbocycles. The molecule has 2 rings (SSSR count). The Labute approximate surface area is 127 Å². The highest BCUT2D eigenvalue weighted by Gasteiger charge is 2.21. The highest BCUT2D eigenvalue weighted by molar-refractivity contribution is 5.46. The smallest absolute Gasteiger partial charge is 0.141 e. The molecule has 0 amide bonds. The van der Waals surface area contributed by atoms with E-state index in [4.69, 9.17) is 0 Å². The van der Waals surface area contributed by atoms with E-state index >= 15 is 0 Å². The molecule has 1 fully saturated rings. The molecule has 0 bridgehead atoms. The average molecular weight is 294 g/mol. The lowest BCUT2D eigenvalue weighted by Gasteiger charge is -2.25. The number of nitrogens with zero attached hydrogens (tertiary/aromatic N) is 3. The van der Waals surface area contributed by atoms with Gasteiger partial charge in [0.15, 0.2) is 0 Å². The third kappa shape index (κ3) is 5.25. The Morgan fingerprint density at radius 1 is 1.33 bits per heavy atom. The predicted molar refractivity (Wildman–Crippen MR) is 85.1 cm³/mol. The van der Waals surface area contributed by atoms with Crippen molar-refractivity contribution < 1.29 is 4.39 Å². The Balaban J connectivity index is 2.02. The summed E-state index contributed by atoms with van der Waals surface area (Å²) in [5, 5.41) is 3.45. The van der Waals surface area contributed by atoms with Crippen LogP contribution in [0.5, 0.6) is 0 Å². The summed E-state index contributed by atoms with van der Waals surface area (Å²) >= 11 is 0. The summed E-state index contributed by atoms with van der Waals surface area (Å²) in [4.78, 5) is 8.77. The lowest BCUT2D eigenvalue weighted by molar-refractivity contribution is 0.400. The Bertz CT molecular complexity index is 446. The summed E-state index contributed by atoms with van der Waals surface area (Å²) in [6, 6.07) is 2.23. The Morgan fingerprint density at radius 2 is 2.10 bits per heavy atom. The van der Waals surface area contributed by atoms with Crippen molar-refractivity contribution in [2.45, 2.75) is 38.8 Å². The van der Waals surface area contributed by atoms with Gasteiger partial charge in [-0.2, -0.15) is 0 Å². The van der Waals surface area contributed by atoms with Gasteiger partial charge in [-0.25, -0.2) is 9.37 Å². The monoisotopic (exact) mass is 294 g/mol. The van der Waals surface area contributed by atoms with Gasteiger partial charge in [-0.3, -0.25) is 0 Å². The van der Waals surface area contributed by atoms with Gasteiger partial charge < -0.3 is 15.1 Å². The number of pyridine rings is 1. The Morgan fingerprint density at radius 3 is 2.71 bits per heavy atom. The van der Waals surface area contributed by atoms with Crippen molar-refractivity contribution in [3.05, 3.63) is 23.6 Å². The van der Waals surface area contributed by atoms with E-state index in [-0.39, 0.29) is 5.82 Å². The first kappa shape index (κ1) is 16.2. The highest BCUT2D eigenvalue weighted by Crippen LogP contribution is 2.23. The first-order chi connectivity index (χ1) is 10.1. The highest BCUT2D eigenvalue weighted by atomic mass is 19.1. The third-order valence-corrected chi connectivity index (χ3v) is 3.78. The molecule has 0 radical (unpaired) electrons. The zero-order valence-electron chi connectivity index (χ0n) is 13.4. The predicted octanol–water partition coefficient (Wildman–Crippen LogP) is 2.25. The summed E-state index contributed by atoms with van der Waals surface area (Å²) in [6.45, 7) is 5.72. The van der Waals surface area contributed by atoms with Crippen molar-refractivity contribution in [3.63, 3.8) is 0 Å². The van der Waals surface area contributed by atoms with Crippen molar-refractivity contribution in [1.29, 1.82) is 0 Å². The molecule has 1 heterocycles. The van der Waals surface area contributed by atoms with Gasteiger partial charge in [0.05, 0.1) is 6.20 Å². The van der Waals surface area contributed by atoms with E-state index in [2.05, 4.69) is 41.1 Å². The Hall–Kier alpha value is -1.20. The van der Waals surface area contributed by atoms with Gasteiger partial charge >= 0.3 is 0 Å². The summed E-state index contributed by atoms with van der Waals surface area (Å²) in [6.07, 6.45) is 4.87. The zero-order valence-corrected chi connectivity index (χ0v) is 13.4. The first-order valence-electron chi connectivity index (χ1n) is 7.87. The van der Waals surface area contributed by atoms with Crippen LogP contribution in [0.2, 0.25) is 0 Å². The molecule has 1 saturated carbocycles. The standard InChI is InChI=1S/C16H27FN4/c1-4-21(9-5-8-20(2)3)16-13(10-14(17)12-19-16)11-18-15-6-7-15/h10,12,15,18H,4-9,11H2,1-3H3. The number of rotatable bonds is 9. The van der Waals surface area contributed by atoms with Gasteiger partial charge in [-0.05, 0) is 52.9 Å². The van der Waals surface area contributed by atoms with Gasteiger partial charge in [0, 0.05) is 31.2 Å². The minimum absolute atomic E-state index is 0.254. The van der Waals surface area contributed by atoms with Crippen LogP contribution in [-0.4, -0.2) is 49.7 Å². The second-order valence-corrected chi connectivity index (χ2v) is 6.03. The number of hydrogen-bond acceptors (Lipinski definition) is 4. The average Bonchev–Trinajstić information content (AvgIpc) is 3.26. The maximum absolute atomic E-state index is 13.5. The fourth-order valence-electron chi connectivity index (χ4n) is 2.42. The quantitative estimate of drug-likeness (QED) is 0.757. The van der Waals surface area contributed by atoms with E-state index in [9.17, 15) is 4.39 Å².